The van der Waals surface area contributed by atoms with E-state index in [-0.39, 0.29) is 0 Å². The first kappa shape index (κ1) is 15.2. The first-order chi connectivity index (χ1) is 7.45. The Hall–Kier alpha value is -0.770. The molecule has 0 aliphatic carbocycles. The van der Waals surface area contributed by atoms with Crippen LogP contribution < -0.4 is 16.6 Å². The molecule has 1 unspecified atom stereocenters. The van der Waals surface area contributed by atoms with Crippen LogP contribution in [0.25, 0.3) is 0 Å². The second kappa shape index (κ2) is 8.39. The summed E-state index contributed by atoms with van der Waals surface area (Å²) in [6.45, 7) is 10.8. The molecule has 0 saturated carbocycles. The van der Waals surface area contributed by atoms with Crippen molar-refractivity contribution in [1.82, 2.24) is 10.7 Å². The van der Waals surface area contributed by atoms with Crippen molar-refractivity contribution >= 4 is 5.96 Å². The lowest BCUT2D eigenvalue weighted by atomic mass is 10.0. The zero-order valence-corrected chi connectivity index (χ0v) is 11.4. The Morgan fingerprint density at radius 3 is 2.19 bits per heavy atom. The van der Waals surface area contributed by atoms with Crippen LogP contribution >= 0.6 is 0 Å². The summed E-state index contributed by atoms with van der Waals surface area (Å²) in [6, 6.07) is 0.661. The lowest BCUT2D eigenvalue weighted by molar-refractivity contribution is 0.509. The van der Waals surface area contributed by atoms with E-state index < -0.39 is 0 Å². The van der Waals surface area contributed by atoms with E-state index in [1.807, 2.05) is 0 Å². The maximum absolute atomic E-state index is 5.40. The van der Waals surface area contributed by atoms with Crippen molar-refractivity contribution in [3.8, 4) is 0 Å². The van der Waals surface area contributed by atoms with Crippen molar-refractivity contribution in [3.63, 3.8) is 0 Å². The van der Waals surface area contributed by atoms with Crippen LogP contribution in [0.2, 0.25) is 0 Å². The van der Waals surface area contributed by atoms with Crippen LogP contribution in [0, 0.1) is 5.92 Å². The molecule has 0 saturated heterocycles. The summed E-state index contributed by atoms with van der Waals surface area (Å²) < 4.78 is 0. The molecule has 0 heterocycles. The van der Waals surface area contributed by atoms with Crippen LogP contribution in [0.15, 0.2) is 4.99 Å². The molecule has 0 fully saturated rings. The Labute approximate surface area is 100 Å². The summed E-state index contributed by atoms with van der Waals surface area (Å²) in [5.74, 6) is 6.87. The second-order valence-electron chi connectivity index (χ2n) is 5.09. The van der Waals surface area contributed by atoms with Crippen LogP contribution in [-0.4, -0.2) is 18.0 Å². The fraction of sp³-hybridized carbons (Fsp3) is 0.917. The molecular weight excluding hydrogens is 200 g/mol. The molecule has 0 aliphatic heterocycles. The smallest absolute Gasteiger partial charge is 0.206 e. The molecule has 4 nitrogen and oxygen atoms in total. The highest BCUT2D eigenvalue weighted by molar-refractivity contribution is 5.79. The van der Waals surface area contributed by atoms with Crippen LogP contribution in [0.4, 0.5) is 0 Å². The summed E-state index contributed by atoms with van der Waals surface area (Å²) in [5.41, 5.74) is 2.60. The molecule has 1 atom stereocenters. The van der Waals surface area contributed by atoms with Crippen molar-refractivity contribution in [2.75, 3.05) is 0 Å². The molecule has 0 amide bonds. The zero-order chi connectivity index (χ0) is 12.6. The Kier molecular flexibility index (Phi) is 7.99. The Morgan fingerprint density at radius 1 is 1.12 bits per heavy atom. The van der Waals surface area contributed by atoms with Gasteiger partial charge in [0.25, 0.3) is 0 Å². The highest BCUT2D eigenvalue weighted by atomic mass is 15.3. The molecular formula is C12H28N4. The molecule has 0 aliphatic rings. The fourth-order valence-electron chi connectivity index (χ4n) is 1.50. The number of nitrogens with one attached hydrogen (secondary N) is 2. The zero-order valence-electron chi connectivity index (χ0n) is 11.4. The van der Waals surface area contributed by atoms with Gasteiger partial charge >= 0.3 is 0 Å². The quantitative estimate of drug-likeness (QED) is 0.282. The maximum Gasteiger partial charge on any atom is 0.206 e. The molecule has 0 spiro atoms. The van der Waals surface area contributed by atoms with Crippen LogP contribution in [-0.2, 0) is 0 Å². The lowest BCUT2D eigenvalue weighted by Crippen LogP contribution is -2.45. The predicted molar refractivity (Wildman–Crippen MR) is 71.2 cm³/mol. The van der Waals surface area contributed by atoms with Gasteiger partial charge in [0.05, 0.1) is 6.04 Å². The van der Waals surface area contributed by atoms with Gasteiger partial charge in [-0.3, -0.25) is 5.43 Å². The number of nitrogens with two attached hydrogens (primary N) is 1. The SMILES string of the molecule is CC(C)CCCC(C)N=C(NN)NC(C)C. The molecule has 0 aromatic heterocycles. The van der Waals surface area contributed by atoms with Gasteiger partial charge in [-0.05, 0) is 33.1 Å². The average molecular weight is 228 g/mol. The van der Waals surface area contributed by atoms with Gasteiger partial charge in [-0.25, -0.2) is 10.8 Å². The number of hydrogen-bond donors (Lipinski definition) is 3. The van der Waals surface area contributed by atoms with Gasteiger partial charge in [0, 0.05) is 6.04 Å². The molecule has 0 aromatic carbocycles. The van der Waals surface area contributed by atoms with Gasteiger partial charge in [0.2, 0.25) is 5.96 Å². The van der Waals surface area contributed by atoms with E-state index in [9.17, 15) is 0 Å². The molecule has 4 N–H and O–H groups in total. The van der Waals surface area contributed by atoms with E-state index in [0.29, 0.717) is 18.0 Å². The monoisotopic (exact) mass is 228 g/mol. The van der Waals surface area contributed by atoms with Gasteiger partial charge in [-0.1, -0.05) is 26.7 Å². The Morgan fingerprint density at radius 2 is 1.75 bits per heavy atom. The Bertz CT molecular complexity index is 199. The van der Waals surface area contributed by atoms with Crippen molar-refractivity contribution in [1.29, 1.82) is 0 Å². The fourth-order valence-corrected chi connectivity index (χ4v) is 1.50. The third kappa shape index (κ3) is 8.53. The predicted octanol–water partition coefficient (Wildman–Crippen LogP) is 2.02. The maximum atomic E-state index is 5.40. The summed E-state index contributed by atoms with van der Waals surface area (Å²) in [6.07, 6.45) is 3.61. The minimum Gasteiger partial charge on any atom is -0.353 e. The second-order valence-corrected chi connectivity index (χ2v) is 5.09. The van der Waals surface area contributed by atoms with Crippen molar-refractivity contribution in [3.05, 3.63) is 0 Å². The van der Waals surface area contributed by atoms with E-state index >= 15 is 0 Å². The Balaban J connectivity index is 3.95. The third-order valence-electron chi connectivity index (χ3n) is 2.31. The molecule has 0 radical (unpaired) electrons. The molecule has 0 rings (SSSR count). The number of hydrazine groups is 1. The number of hydrogen-bond acceptors (Lipinski definition) is 2. The standard InChI is InChI=1S/C12H28N4/c1-9(2)7-6-8-11(5)15-12(16-13)14-10(3)4/h9-11H,6-8,13H2,1-5H3,(H2,14,15,16). The van der Waals surface area contributed by atoms with Gasteiger partial charge in [-0.15, -0.1) is 0 Å². The van der Waals surface area contributed by atoms with Crippen molar-refractivity contribution in [2.45, 2.75) is 66.0 Å². The van der Waals surface area contributed by atoms with Crippen molar-refractivity contribution < 1.29 is 0 Å². The first-order valence-corrected chi connectivity index (χ1v) is 6.26. The third-order valence-corrected chi connectivity index (χ3v) is 2.31. The van der Waals surface area contributed by atoms with E-state index in [2.05, 4.69) is 50.4 Å². The highest BCUT2D eigenvalue weighted by Crippen LogP contribution is 2.09. The van der Waals surface area contributed by atoms with E-state index in [0.717, 1.165) is 12.3 Å². The largest absolute Gasteiger partial charge is 0.353 e. The normalized spacial score (nSPS) is 14.4. The first-order valence-electron chi connectivity index (χ1n) is 6.26. The molecule has 0 aromatic rings. The van der Waals surface area contributed by atoms with Gasteiger partial charge in [0.1, 0.15) is 0 Å². The van der Waals surface area contributed by atoms with Crippen LogP contribution in [0.1, 0.15) is 53.9 Å². The van der Waals surface area contributed by atoms with Gasteiger partial charge in [-0.2, -0.15) is 0 Å². The summed E-state index contributed by atoms with van der Waals surface area (Å²) >= 11 is 0. The minimum absolute atomic E-state index is 0.316. The van der Waals surface area contributed by atoms with Crippen LogP contribution in [0.5, 0.6) is 0 Å². The van der Waals surface area contributed by atoms with E-state index in [1.165, 1.54) is 12.8 Å². The topological polar surface area (TPSA) is 62.4 Å². The number of rotatable bonds is 6. The van der Waals surface area contributed by atoms with Gasteiger partial charge in [0.15, 0.2) is 0 Å². The summed E-state index contributed by atoms with van der Waals surface area (Å²) in [7, 11) is 0. The number of guanidine groups is 1. The average Bonchev–Trinajstić information content (AvgIpc) is 2.15. The van der Waals surface area contributed by atoms with E-state index in [1.54, 1.807) is 0 Å². The van der Waals surface area contributed by atoms with Crippen LogP contribution in [0.3, 0.4) is 0 Å². The van der Waals surface area contributed by atoms with E-state index in [4.69, 9.17) is 5.84 Å². The summed E-state index contributed by atoms with van der Waals surface area (Å²) in [4.78, 5) is 4.50. The number of aliphatic imine (C=N–C) groups is 1. The lowest BCUT2D eigenvalue weighted by Gasteiger charge is -2.15. The van der Waals surface area contributed by atoms with Crippen molar-refractivity contribution in [2.24, 2.45) is 16.8 Å². The molecule has 4 heteroatoms. The highest BCUT2D eigenvalue weighted by Gasteiger charge is 2.04. The summed E-state index contributed by atoms with van der Waals surface area (Å²) in [5, 5.41) is 3.17. The molecule has 96 valence electrons. The number of nitrogens with zero attached hydrogens (tertiary/aromatic N) is 1. The molecule has 0 bridgehead atoms. The van der Waals surface area contributed by atoms with Gasteiger partial charge < -0.3 is 5.32 Å². The minimum atomic E-state index is 0.316. The molecule has 16 heavy (non-hydrogen) atoms.